The van der Waals surface area contributed by atoms with E-state index in [9.17, 15) is 4.79 Å². The Balaban J connectivity index is 1.39. The summed E-state index contributed by atoms with van der Waals surface area (Å²) in [6, 6.07) is 17.3. The van der Waals surface area contributed by atoms with Crippen LogP contribution in [0, 0.1) is 13.8 Å². The molecule has 0 spiro atoms. The number of hydrogen-bond acceptors (Lipinski definition) is 5. The van der Waals surface area contributed by atoms with Crippen LogP contribution >= 0.6 is 0 Å². The lowest BCUT2D eigenvalue weighted by Crippen LogP contribution is -2.39. The van der Waals surface area contributed by atoms with E-state index in [1.165, 1.54) is 5.56 Å². The molecule has 1 atom stereocenters. The van der Waals surface area contributed by atoms with E-state index >= 15 is 0 Å². The summed E-state index contributed by atoms with van der Waals surface area (Å²) < 4.78 is 8.02. The van der Waals surface area contributed by atoms with Gasteiger partial charge in [0.25, 0.3) is 5.91 Å². The summed E-state index contributed by atoms with van der Waals surface area (Å²) >= 11 is 0. The first-order valence-corrected chi connectivity index (χ1v) is 12.0. The van der Waals surface area contributed by atoms with Crippen molar-refractivity contribution in [2.45, 2.75) is 45.7 Å². The molecule has 2 aromatic carbocycles. The van der Waals surface area contributed by atoms with E-state index in [1.807, 2.05) is 84.1 Å². The number of benzene rings is 2. The second kappa shape index (κ2) is 10.1. The number of rotatable bonds is 6. The molecule has 178 valence electrons. The van der Waals surface area contributed by atoms with Crippen LogP contribution in [0.15, 0.2) is 73.3 Å². The number of ether oxygens (including phenoxy) is 1. The summed E-state index contributed by atoms with van der Waals surface area (Å²) in [6.07, 6.45) is 8.27. The van der Waals surface area contributed by atoms with Crippen molar-refractivity contribution in [2.24, 2.45) is 0 Å². The van der Waals surface area contributed by atoms with Crippen LogP contribution in [-0.4, -0.2) is 36.9 Å². The number of aryl methyl sites for hydroxylation is 2. The van der Waals surface area contributed by atoms with Crippen molar-refractivity contribution in [1.82, 2.24) is 24.4 Å². The van der Waals surface area contributed by atoms with E-state index in [2.05, 4.69) is 4.98 Å². The highest BCUT2D eigenvalue weighted by Gasteiger charge is 2.31. The summed E-state index contributed by atoms with van der Waals surface area (Å²) in [7, 11) is 0. The molecular formula is C28H29N5O2. The average molecular weight is 468 g/mol. The third-order valence-electron chi connectivity index (χ3n) is 6.25. The third kappa shape index (κ3) is 5.40. The van der Waals surface area contributed by atoms with E-state index < -0.39 is 0 Å². The minimum absolute atomic E-state index is 0.00768. The molecule has 7 heteroatoms. The Hall–Kier alpha value is -4.00. The van der Waals surface area contributed by atoms with Crippen molar-refractivity contribution < 1.29 is 9.53 Å². The number of piperidine rings is 1. The molecule has 35 heavy (non-hydrogen) atoms. The third-order valence-corrected chi connectivity index (χ3v) is 6.25. The van der Waals surface area contributed by atoms with Crippen molar-refractivity contribution in [1.29, 1.82) is 0 Å². The van der Waals surface area contributed by atoms with Gasteiger partial charge in [0.1, 0.15) is 5.75 Å². The minimum atomic E-state index is -0.186. The Labute approximate surface area is 205 Å². The lowest BCUT2D eigenvalue weighted by molar-refractivity contribution is 0.0598. The number of aromatic nitrogens is 4. The van der Waals surface area contributed by atoms with Gasteiger partial charge in [-0.15, -0.1) is 0 Å². The largest absolute Gasteiger partial charge is 0.439 e. The zero-order valence-electron chi connectivity index (χ0n) is 20.1. The summed E-state index contributed by atoms with van der Waals surface area (Å²) in [5, 5.41) is 0. The lowest BCUT2D eigenvalue weighted by Gasteiger charge is -2.35. The summed E-state index contributed by atoms with van der Waals surface area (Å²) in [5.74, 6) is 1.87. The van der Waals surface area contributed by atoms with Gasteiger partial charge in [0.15, 0.2) is 5.82 Å². The fraction of sp³-hybridized carbons (Fsp3) is 0.286. The highest BCUT2D eigenvalue weighted by Crippen LogP contribution is 2.32. The molecule has 0 radical (unpaired) electrons. The Kier molecular flexibility index (Phi) is 6.57. The maximum absolute atomic E-state index is 13.7. The van der Waals surface area contributed by atoms with Crippen LogP contribution in [-0.2, 0) is 6.54 Å². The van der Waals surface area contributed by atoms with Gasteiger partial charge < -0.3 is 14.2 Å². The summed E-state index contributed by atoms with van der Waals surface area (Å²) in [6.45, 7) is 5.33. The Bertz CT molecular complexity index is 1300. The molecule has 1 aliphatic rings. The second-order valence-corrected chi connectivity index (χ2v) is 9.07. The van der Waals surface area contributed by atoms with Crippen LogP contribution in [0.25, 0.3) is 0 Å². The number of imidazole rings is 1. The topological polar surface area (TPSA) is 73.1 Å². The molecule has 0 bridgehead atoms. The van der Waals surface area contributed by atoms with Crippen LogP contribution in [0.5, 0.6) is 11.6 Å². The van der Waals surface area contributed by atoms with Crippen molar-refractivity contribution in [3.63, 3.8) is 0 Å². The predicted octanol–water partition coefficient (Wildman–Crippen LogP) is 5.50. The molecule has 0 N–H and O–H groups in total. The smallest absolute Gasteiger partial charge is 0.254 e. The zero-order valence-corrected chi connectivity index (χ0v) is 20.1. The van der Waals surface area contributed by atoms with Gasteiger partial charge in [-0.1, -0.05) is 29.8 Å². The molecule has 5 rings (SSSR count). The fourth-order valence-corrected chi connectivity index (χ4v) is 4.49. The summed E-state index contributed by atoms with van der Waals surface area (Å²) in [5.41, 5.74) is 3.72. The molecule has 0 aliphatic carbocycles. The number of hydrogen-bond donors (Lipinski definition) is 0. The van der Waals surface area contributed by atoms with Crippen molar-refractivity contribution in [3.05, 3.63) is 102 Å². The normalized spacial score (nSPS) is 15.7. The van der Waals surface area contributed by atoms with Gasteiger partial charge in [-0.2, -0.15) is 4.98 Å². The van der Waals surface area contributed by atoms with E-state index in [-0.39, 0.29) is 11.9 Å². The van der Waals surface area contributed by atoms with Crippen LogP contribution < -0.4 is 4.74 Å². The molecule has 1 amide bonds. The molecule has 2 aromatic heterocycles. The standard InChI is InChI=1S/C28H29N5O2/c1-20-9-11-24(12-10-20)35-26-16-21(2)30-27(31-26)25-8-3-4-14-33(25)28(34)23-7-5-6-22(17-23)18-32-15-13-29-19-32/h5-7,9-13,15-17,19,25H,3-4,8,14,18H2,1-2H3/t25-/m0/s1. The van der Waals surface area contributed by atoms with Crippen LogP contribution in [0.3, 0.4) is 0 Å². The maximum atomic E-state index is 13.7. The van der Waals surface area contributed by atoms with E-state index in [0.717, 1.165) is 36.3 Å². The molecule has 0 unspecified atom stereocenters. The molecule has 1 fully saturated rings. The number of amides is 1. The number of likely N-dealkylation sites (tertiary alicyclic amines) is 1. The number of carbonyl (C=O) groups excluding carboxylic acids is 1. The van der Waals surface area contributed by atoms with E-state index in [0.29, 0.717) is 30.4 Å². The van der Waals surface area contributed by atoms with Gasteiger partial charge in [-0.25, -0.2) is 9.97 Å². The van der Waals surface area contributed by atoms with Gasteiger partial charge >= 0.3 is 0 Å². The molecule has 1 saturated heterocycles. The predicted molar refractivity (Wildman–Crippen MR) is 133 cm³/mol. The van der Waals surface area contributed by atoms with E-state index in [1.54, 1.807) is 12.5 Å². The Morgan fingerprint density at radius 1 is 1.06 bits per heavy atom. The van der Waals surface area contributed by atoms with Gasteiger partial charge in [0.05, 0.1) is 12.4 Å². The first kappa shape index (κ1) is 22.8. The first-order valence-electron chi connectivity index (χ1n) is 12.0. The van der Waals surface area contributed by atoms with Gasteiger partial charge in [-0.3, -0.25) is 4.79 Å². The van der Waals surface area contributed by atoms with Gasteiger partial charge in [0, 0.05) is 42.8 Å². The fourth-order valence-electron chi connectivity index (χ4n) is 4.49. The Morgan fingerprint density at radius 2 is 1.91 bits per heavy atom. The van der Waals surface area contributed by atoms with Gasteiger partial charge in [-0.05, 0) is 62.9 Å². The lowest BCUT2D eigenvalue weighted by atomic mass is 9.99. The number of carbonyl (C=O) groups is 1. The average Bonchev–Trinajstić information content (AvgIpc) is 3.38. The highest BCUT2D eigenvalue weighted by molar-refractivity contribution is 5.94. The van der Waals surface area contributed by atoms with Crippen LogP contribution in [0.4, 0.5) is 0 Å². The van der Waals surface area contributed by atoms with Crippen molar-refractivity contribution in [3.8, 4) is 11.6 Å². The molecular weight excluding hydrogens is 438 g/mol. The zero-order chi connectivity index (χ0) is 24.2. The SMILES string of the molecule is Cc1ccc(Oc2cc(C)nc([C@@H]3CCCCN3C(=O)c3cccc(Cn4ccnc4)c3)n2)cc1. The molecule has 3 heterocycles. The molecule has 0 saturated carbocycles. The van der Waals surface area contributed by atoms with Crippen LogP contribution in [0.1, 0.15) is 58.3 Å². The van der Waals surface area contributed by atoms with Crippen LogP contribution in [0.2, 0.25) is 0 Å². The van der Waals surface area contributed by atoms with Crippen molar-refractivity contribution in [2.75, 3.05) is 6.54 Å². The van der Waals surface area contributed by atoms with Crippen molar-refractivity contribution >= 4 is 5.91 Å². The van der Waals surface area contributed by atoms with Gasteiger partial charge in [0.2, 0.25) is 5.88 Å². The first-order chi connectivity index (χ1) is 17.0. The summed E-state index contributed by atoms with van der Waals surface area (Å²) in [4.78, 5) is 29.1. The monoisotopic (exact) mass is 467 g/mol. The number of nitrogens with zero attached hydrogens (tertiary/aromatic N) is 5. The van der Waals surface area contributed by atoms with E-state index in [4.69, 9.17) is 14.7 Å². The minimum Gasteiger partial charge on any atom is -0.439 e. The molecule has 4 aromatic rings. The quantitative estimate of drug-likeness (QED) is 0.374. The maximum Gasteiger partial charge on any atom is 0.254 e. The highest BCUT2D eigenvalue weighted by atomic mass is 16.5. The molecule has 7 nitrogen and oxygen atoms in total. The second-order valence-electron chi connectivity index (χ2n) is 9.07. The Morgan fingerprint density at radius 3 is 2.71 bits per heavy atom. The molecule has 1 aliphatic heterocycles.